The molecule has 1 saturated heterocycles. The van der Waals surface area contributed by atoms with E-state index in [-0.39, 0.29) is 18.1 Å². The van der Waals surface area contributed by atoms with E-state index in [4.69, 9.17) is 5.11 Å². The number of likely N-dealkylation sites (tertiary alicyclic amines) is 1. The van der Waals surface area contributed by atoms with Gasteiger partial charge in [0, 0.05) is 25.1 Å². The third-order valence-electron chi connectivity index (χ3n) is 3.57. The first-order valence-electron chi connectivity index (χ1n) is 7.41. The largest absolute Gasteiger partial charge is 0.395 e. The Morgan fingerprint density at radius 2 is 1.95 bits per heavy atom. The van der Waals surface area contributed by atoms with E-state index in [0.717, 1.165) is 38.8 Å². The van der Waals surface area contributed by atoms with Crippen LogP contribution in [0.4, 0.5) is 4.39 Å². The van der Waals surface area contributed by atoms with E-state index in [1.54, 1.807) is 11.0 Å². The fraction of sp³-hybridized carbons (Fsp3) is 0.471. The molecular formula is C17H20FNO2. The fourth-order valence-electron chi connectivity index (χ4n) is 2.42. The summed E-state index contributed by atoms with van der Waals surface area (Å²) in [5.74, 6) is 4.75. The second kappa shape index (κ2) is 7.80. The molecule has 0 radical (unpaired) electrons. The third kappa shape index (κ3) is 4.30. The predicted molar refractivity (Wildman–Crippen MR) is 79.4 cm³/mol. The number of benzene rings is 1. The van der Waals surface area contributed by atoms with Crippen molar-refractivity contribution >= 4 is 5.91 Å². The Balaban J connectivity index is 2.12. The van der Waals surface area contributed by atoms with Gasteiger partial charge in [-0.3, -0.25) is 4.79 Å². The van der Waals surface area contributed by atoms with Crippen LogP contribution >= 0.6 is 0 Å². The highest BCUT2D eigenvalue weighted by atomic mass is 19.1. The van der Waals surface area contributed by atoms with E-state index < -0.39 is 5.82 Å². The predicted octanol–water partition coefficient (Wildman–Crippen LogP) is 2.58. The van der Waals surface area contributed by atoms with Gasteiger partial charge in [0.1, 0.15) is 5.82 Å². The molecule has 0 saturated carbocycles. The second-order valence-corrected chi connectivity index (χ2v) is 5.18. The minimum absolute atomic E-state index is 0.0415. The van der Waals surface area contributed by atoms with Crippen molar-refractivity contribution < 1.29 is 14.3 Å². The van der Waals surface area contributed by atoms with E-state index in [2.05, 4.69) is 11.8 Å². The molecule has 3 nitrogen and oxygen atoms in total. The number of amides is 1. The summed E-state index contributed by atoms with van der Waals surface area (Å²) in [5.41, 5.74) is 0.637. The molecule has 0 spiro atoms. The average Bonchev–Trinajstić information content (AvgIpc) is 2.77. The molecule has 0 unspecified atom stereocenters. The van der Waals surface area contributed by atoms with Gasteiger partial charge in [-0.1, -0.05) is 24.7 Å². The zero-order chi connectivity index (χ0) is 15.1. The van der Waals surface area contributed by atoms with Crippen LogP contribution in [0.2, 0.25) is 0 Å². The smallest absolute Gasteiger partial charge is 0.253 e. The Morgan fingerprint density at radius 1 is 1.24 bits per heavy atom. The Morgan fingerprint density at radius 3 is 2.57 bits per heavy atom. The van der Waals surface area contributed by atoms with E-state index in [1.807, 2.05) is 0 Å². The molecule has 1 amide bonds. The van der Waals surface area contributed by atoms with Gasteiger partial charge in [0.2, 0.25) is 0 Å². The van der Waals surface area contributed by atoms with Crippen molar-refractivity contribution in [1.29, 1.82) is 0 Å². The molecule has 21 heavy (non-hydrogen) atoms. The normalized spacial score (nSPS) is 15.0. The molecule has 1 aliphatic rings. The number of hydrogen-bond donors (Lipinski definition) is 1. The lowest BCUT2D eigenvalue weighted by molar-refractivity contribution is 0.0761. The number of carbonyl (C=O) groups excluding carboxylic acids is 1. The number of carbonyl (C=O) groups is 1. The first-order chi connectivity index (χ1) is 10.2. The summed E-state index contributed by atoms with van der Waals surface area (Å²) in [6, 6.07) is 4.42. The van der Waals surface area contributed by atoms with Crippen LogP contribution in [0.25, 0.3) is 0 Å². The van der Waals surface area contributed by atoms with Crippen molar-refractivity contribution in [2.75, 3.05) is 19.7 Å². The number of nitrogens with zero attached hydrogens (tertiary/aromatic N) is 1. The molecule has 0 aliphatic carbocycles. The molecule has 1 heterocycles. The quantitative estimate of drug-likeness (QED) is 0.850. The first kappa shape index (κ1) is 15.5. The topological polar surface area (TPSA) is 40.5 Å². The zero-order valence-electron chi connectivity index (χ0n) is 12.1. The van der Waals surface area contributed by atoms with E-state index >= 15 is 0 Å². The van der Waals surface area contributed by atoms with Crippen LogP contribution in [0.3, 0.4) is 0 Å². The van der Waals surface area contributed by atoms with Crippen molar-refractivity contribution in [2.45, 2.75) is 32.1 Å². The van der Waals surface area contributed by atoms with E-state index in [9.17, 15) is 9.18 Å². The lowest BCUT2D eigenvalue weighted by Gasteiger charge is -2.20. The minimum atomic E-state index is -0.485. The minimum Gasteiger partial charge on any atom is -0.395 e. The Labute approximate surface area is 124 Å². The SMILES string of the molecule is O=C(c1ccc(C#CCCO)c(F)c1)N1CCCCCC1. The molecule has 1 N–H and O–H groups in total. The molecule has 4 heteroatoms. The van der Waals surface area contributed by atoms with Crippen LogP contribution in [0.5, 0.6) is 0 Å². The van der Waals surface area contributed by atoms with Crippen molar-refractivity contribution in [2.24, 2.45) is 0 Å². The molecule has 1 fully saturated rings. The van der Waals surface area contributed by atoms with Gasteiger partial charge < -0.3 is 10.0 Å². The molecule has 0 aromatic heterocycles. The summed E-state index contributed by atoms with van der Waals surface area (Å²) in [4.78, 5) is 14.2. The van der Waals surface area contributed by atoms with Gasteiger partial charge in [0.05, 0.1) is 12.2 Å². The highest BCUT2D eigenvalue weighted by molar-refractivity contribution is 5.94. The van der Waals surface area contributed by atoms with Crippen LogP contribution < -0.4 is 0 Å². The van der Waals surface area contributed by atoms with Crippen LogP contribution in [0, 0.1) is 17.7 Å². The highest BCUT2D eigenvalue weighted by Gasteiger charge is 2.18. The molecule has 0 bridgehead atoms. The van der Waals surface area contributed by atoms with Gasteiger partial charge in [0.15, 0.2) is 0 Å². The molecular weight excluding hydrogens is 269 g/mol. The van der Waals surface area contributed by atoms with Crippen LogP contribution in [0.15, 0.2) is 18.2 Å². The summed E-state index contributed by atoms with van der Waals surface area (Å²) in [6.45, 7) is 1.46. The summed E-state index contributed by atoms with van der Waals surface area (Å²) >= 11 is 0. The van der Waals surface area contributed by atoms with Crippen molar-refractivity contribution in [3.63, 3.8) is 0 Å². The van der Waals surface area contributed by atoms with Gasteiger partial charge in [-0.05, 0) is 31.0 Å². The Bertz CT molecular complexity index is 552. The van der Waals surface area contributed by atoms with Gasteiger partial charge in [-0.15, -0.1) is 0 Å². The number of hydrogen-bond acceptors (Lipinski definition) is 2. The van der Waals surface area contributed by atoms with Gasteiger partial charge in [-0.25, -0.2) is 4.39 Å². The maximum absolute atomic E-state index is 13.9. The summed E-state index contributed by atoms with van der Waals surface area (Å²) in [7, 11) is 0. The molecule has 1 aromatic rings. The average molecular weight is 289 g/mol. The lowest BCUT2D eigenvalue weighted by Crippen LogP contribution is -2.31. The van der Waals surface area contributed by atoms with Gasteiger partial charge in [-0.2, -0.15) is 0 Å². The molecule has 1 aliphatic heterocycles. The van der Waals surface area contributed by atoms with Crippen LogP contribution in [0.1, 0.15) is 48.0 Å². The van der Waals surface area contributed by atoms with Crippen molar-refractivity contribution in [3.05, 3.63) is 35.1 Å². The maximum Gasteiger partial charge on any atom is 0.253 e. The zero-order valence-corrected chi connectivity index (χ0v) is 12.1. The summed E-state index contributed by atoms with van der Waals surface area (Å²) in [5, 5.41) is 8.65. The van der Waals surface area contributed by atoms with E-state index in [1.165, 1.54) is 12.1 Å². The van der Waals surface area contributed by atoms with Crippen molar-refractivity contribution in [1.82, 2.24) is 4.90 Å². The van der Waals surface area contributed by atoms with Gasteiger partial charge >= 0.3 is 0 Å². The maximum atomic E-state index is 13.9. The fourth-order valence-corrected chi connectivity index (χ4v) is 2.42. The number of halogens is 1. The molecule has 112 valence electrons. The Kier molecular flexibility index (Phi) is 5.77. The summed E-state index contributed by atoms with van der Waals surface area (Å²) in [6.07, 6.45) is 4.64. The first-order valence-corrected chi connectivity index (χ1v) is 7.41. The molecule has 2 rings (SSSR count). The number of aliphatic hydroxyl groups is 1. The molecule has 1 aromatic carbocycles. The molecule has 0 atom stereocenters. The third-order valence-corrected chi connectivity index (χ3v) is 3.57. The number of rotatable bonds is 2. The van der Waals surface area contributed by atoms with Crippen LogP contribution in [-0.4, -0.2) is 35.6 Å². The summed E-state index contributed by atoms with van der Waals surface area (Å²) < 4.78 is 13.9. The lowest BCUT2D eigenvalue weighted by atomic mass is 10.1. The number of aliphatic hydroxyl groups excluding tert-OH is 1. The van der Waals surface area contributed by atoms with E-state index in [0.29, 0.717) is 12.0 Å². The monoisotopic (exact) mass is 289 g/mol. The van der Waals surface area contributed by atoms with Gasteiger partial charge in [0.25, 0.3) is 5.91 Å². The second-order valence-electron chi connectivity index (χ2n) is 5.18. The standard InChI is InChI=1S/C17H20FNO2/c18-16-13-15(9-8-14(16)7-3-6-12-20)17(21)19-10-4-1-2-5-11-19/h8-9,13,20H,1-2,4-6,10-12H2. The Hall–Kier alpha value is -1.86. The highest BCUT2D eigenvalue weighted by Crippen LogP contribution is 2.15. The van der Waals surface area contributed by atoms with Crippen LogP contribution in [-0.2, 0) is 0 Å². The van der Waals surface area contributed by atoms with Crippen molar-refractivity contribution in [3.8, 4) is 11.8 Å².